The zero-order chi connectivity index (χ0) is 10.3. The fraction of sp³-hybridized carbons (Fsp3) is 0.833. The molecule has 0 bridgehead atoms. The standard InChI is InChI=1S/C12H25N/c1-11(2)9-7-6-8-10-13(5)12(3)4/h6-7,11-12H,8-10H2,1-5H3/b7-6-. The summed E-state index contributed by atoms with van der Waals surface area (Å²) in [5, 5.41) is 0. The van der Waals surface area contributed by atoms with Crippen molar-refractivity contribution >= 4 is 0 Å². The lowest BCUT2D eigenvalue weighted by Gasteiger charge is -2.19. The highest BCUT2D eigenvalue weighted by Gasteiger charge is 1.99. The van der Waals surface area contributed by atoms with Crippen LogP contribution in [0.1, 0.15) is 40.5 Å². The summed E-state index contributed by atoms with van der Waals surface area (Å²) in [6, 6.07) is 0.665. The molecule has 0 aliphatic rings. The summed E-state index contributed by atoms with van der Waals surface area (Å²) in [6.07, 6.45) is 7.00. The number of hydrogen-bond donors (Lipinski definition) is 0. The van der Waals surface area contributed by atoms with Crippen LogP contribution in [-0.4, -0.2) is 24.5 Å². The molecule has 0 N–H and O–H groups in total. The van der Waals surface area contributed by atoms with Crippen LogP contribution in [0.3, 0.4) is 0 Å². The van der Waals surface area contributed by atoms with Crippen molar-refractivity contribution in [1.29, 1.82) is 0 Å². The number of hydrogen-bond acceptors (Lipinski definition) is 1. The summed E-state index contributed by atoms with van der Waals surface area (Å²) >= 11 is 0. The van der Waals surface area contributed by atoms with Crippen LogP contribution in [-0.2, 0) is 0 Å². The van der Waals surface area contributed by atoms with Gasteiger partial charge >= 0.3 is 0 Å². The number of allylic oxidation sites excluding steroid dienone is 1. The zero-order valence-corrected chi connectivity index (χ0v) is 9.88. The minimum absolute atomic E-state index is 0.665. The Morgan fingerprint density at radius 1 is 1.08 bits per heavy atom. The molecule has 0 spiro atoms. The molecule has 78 valence electrons. The Morgan fingerprint density at radius 3 is 2.15 bits per heavy atom. The topological polar surface area (TPSA) is 3.24 Å². The third-order valence-electron chi connectivity index (χ3n) is 2.30. The fourth-order valence-electron chi connectivity index (χ4n) is 1.02. The molecule has 0 aromatic carbocycles. The van der Waals surface area contributed by atoms with Crippen molar-refractivity contribution in [3.8, 4) is 0 Å². The Hall–Kier alpha value is -0.300. The van der Waals surface area contributed by atoms with Crippen molar-refractivity contribution < 1.29 is 0 Å². The molecule has 0 saturated heterocycles. The summed E-state index contributed by atoms with van der Waals surface area (Å²) in [5.41, 5.74) is 0. The van der Waals surface area contributed by atoms with Crippen LogP contribution in [0.4, 0.5) is 0 Å². The molecule has 0 aliphatic heterocycles. The first-order chi connectivity index (χ1) is 6.04. The lowest BCUT2D eigenvalue weighted by atomic mass is 10.1. The van der Waals surface area contributed by atoms with Gasteiger partial charge in [0.25, 0.3) is 0 Å². The Kier molecular flexibility index (Phi) is 6.97. The van der Waals surface area contributed by atoms with Crippen molar-refractivity contribution in [2.24, 2.45) is 5.92 Å². The minimum atomic E-state index is 0.665. The number of rotatable bonds is 6. The molecule has 0 fully saturated rings. The van der Waals surface area contributed by atoms with Crippen LogP contribution in [0.5, 0.6) is 0 Å². The molecule has 0 aromatic heterocycles. The van der Waals surface area contributed by atoms with Gasteiger partial charge in [-0.2, -0.15) is 0 Å². The van der Waals surface area contributed by atoms with E-state index < -0.39 is 0 Å². The van der Waals surface area contributed by atoms with E-state index in [0.717, 1.165) is 5.92 Å². The van der Waals surface area contributed by atoms with Gasteiger partial charge < -0.3 is 4.90 Å². The Morgan fingerprint density at radius 2 is 1.69 bits per heavy atom. The molecular formula is C12H25N. The highest BCUT2D eigenvalue weighted by molar-refractivity contribution is 4.83. The zero-order valence-electron chi connectivity index (χ0n) is 9.88. The van der Waals surface area contributed by atoms with Gasteiger partial charge in [0.2, 0.25) is 0 Å². The second-order valence-electron chi connectivity index (χ2n) is 4.46. The van der Waals surface area contributed by atoms with E-state index in [4.69, 9.17) is 0 Å². The Labute approximate surface area is 83.8 Å². The third kappa shape index (κ3) is 8.04. The molecule has 0 amide bonds. The smallest absolute Gasteiger partial charge is 0.00356 e. The highest BCUT2D eigenvalue weighted by Crippen LogP contribution is 2.01. The fourth-order valence-corrected chi connectivity index (χ4v) is 1.02. The van der Waals surface area contributed by atoms with Gasteiger partial charge in [0.1, 0.15) is 0 Å². The second-order valence-corrected chi connectivity index (χ2v) is 4.46. The van der Waals surface area contributed by atoms with E-state index >= 15 is 0 Å². The molecule has 1 nitrogen and oxygen atoms in total. The number of nitrogens with zero attached hydrogens (tertiary/aromatic N) is 1. The third-order valence-corrected chi connectivity index (χ3v) is 2.30. The summed E-state index contributed by atoms with van der Waals surface area (Å²) in [5.74, 6) is 0.791. The molecule has 0 saturated carbocycles. The predicted octanol–water partition coefficient (Wildman–Crippen LogP) is 3.32. The molecule has 0 aliphatic carbocycles. The van der Waals surface area contributed by atoms with Gasteiger partial charge in [0.05, 0.1) is 0 Å². The van der Waals surface area contributed by atoms with E-state index in [1.54, 1.807) is 0 Å². The molecule has 0 aromatic rings. The summed E-state index contributed by atoms with van der Waals surface area (Å²) in [6.45, 7) is 10.1. The van der Waals surface area contributed by atoms with E-state index in [0.29, 0.717) is 6.04 Å². The maximum atomic E-state index is 2.37. The van der Waals surface area contributed by atoms with Crippen LogP contribution in [0, 0.1) is 5.92 Å². The van der Waals surface area contributed by atoms with Gasteiger partial charge in [0, 0.05) is 12.6 Å². The molecule has 13 heavy (non-hydrogen) atoms. The molecular weight excluding hydrogens is 158 g/mol. The van der Waals surface area contributed by atoms with Gasteiger partial charge in [-0.25, -0.2) is 0 Å². The van der Waals surface area contributed by atoms with E-state index in [1.807, 2.05) is 0 Å². The predicted molar refractivity (Wildman–Crippen MR) is 61.0 cm³/mol. The van der Waals surface area contributed by atoms with E-state index in [9.17, 15) is 0 Å². The Balaban J connectivity index is 3.39. The normalized spacial score (nSPS) is 12.6. The highest BCUT2D eigenvalue weighted by atomic mass is 15.1. The maximum Gasteiger partial charge on any atom is 0.00356 e. The quantitative estimate of drug-likeness (QED) is 0.571. The van der Waals surface area contributed by atoms with Gasteiger partial charge in [-0.15, -0.1) is 0 Å². The van der Waals surface area contributed by atoms with Crippen molar-refractivity contribution in [1.82, 2.24) is 4.90 Å². The van der Waals surface area contributed by atoms with Gasteiger partial charge in [0.15, 0.2) is 0 Å². The maximum absolute atomic E-state index is 2.37. The monoisotopic (exact) mass is 183 g/mol. The Bertz CT molecular complexity index is 136. The van der Waals surface area contributed by atoms with Crippen molar-refractivity contribution in [2.45, 2.75) is 46.6 Å². The minimum Gasteiger partial charge on any atom is -0.304 e. The first kappa shape index (κ1) is 12.7. The van der Waals surface area contributed by atoms with Gasteiger partial charge in [-0.05, 0) is 39.7 Å². The molecule has 0 radical (unpaired) electrons. The van der Waals surface area contributed by atoms with E-state index in [2.05, 4.69) is 51.8 Å². The molecule has 1 heteroatoms. The van der Waals surface area contributed by atoms with Gasteiger partial charge in [-0.3, -0.25) is 0 Å². The van der Waals surface area contributed by atoms with E-state index in [-0.39, 0.29) is 0 Å². The summed E-state index contributed by atoms with van der Waals surface area (Å²) in [4.78, 5) is 2.37. The molecule has 0 atom stereocenters. The second kappa shape index (κ2) is 7.14. The molecule has 0 heterocycles. The van der Waals surface area contributed by atoms with Crippen LogP contribution >= 0.6 is 0 Å². The molecule has 0 unspecified atom stereocenters. The molecule has 0 rings (SSSR count). The first-order valence-corrected chi connectivity index (χ1v) is 5.39. The van der Waals surface area contributed by atoms with Crippen LogP contribution in [0.15, 0.2) is 12.2 Å². The van der Waals surface area contributed by atoms with Crippen molar-refractivity contribution in [2.75, 3.05) is 13.6 Å². The van der Waals surface area contributed by atoms with Crippen molar-refractivity contribution in [3.05, 3.63) is 12.2 Å². The van der Waals surface area contributed by atoms with E-state index in [1.165, 1.54) is 19.4 Å². The lowest BCUT2D eigenvalue weighted by Crippen LogP contribution is -2.26. The van der Waals surface area contributed by atoms with Crippen LogP contribution in [0.25, 0.3) is 0 Å². The summed E-state index contributed by atoms with van der Waals surface area (Å²) < 4.78 is 0. The lowest BCUT2D eigenvalue weighted by molar-refractivity contribution is 0.279. The average Bonchev–Trinajstić information content (AvgIpc) is 2.02. The van der Waals surface area contributed by atoms with Crippen molar-refractivity contribution in [3.63, 3.8) is 0 Å². The first-order valence-electron chi connectivity index (χ1n) is 5.39. The van der Waals surface area contributed by atoms with Gasteiger partial charge in [-0.1, -0.05) is 26.0 Å². The van der Waals surface area contributed by atoms with Crippen LogP contribution in [0.2, 0.25) is 0 Å². The SMILES string of the molecule is CC(C)C/C=C\CCN(C)C(C)C. The average molecular weight is 183 g/mol. The van der Waals surface area contributed by atoms with Crippen LogP contribution < -0.4 is 0 Å². The largest absolute Gasteiger partial charge is 0.304 e. The summed E-state index contributed by atoms with van der Waals surface area (Å²) in [7, 11) is 2.18.